The molecule has 2 rings (SSSR count). The lowest BCUT2D eigenvalue weighted by Crippen LogP contribution is -2.04. The summed E-state index contributed by atoms with van der Waals surface area (Å²) in [4.78, 5) is 0. The van der Waals surface area contributed by atoms with Crippen molar-refractivity contribution in [2.24, 2.45) is 0 Å². The van der Waals surface area contributed by atoms with Gasteiger partial charge in [-0.2, -0.15) is 0 Å². The van der Waals surface area contributed by atoms with Crippen LogP contribution in [0.2, 0.25) is 0 Å². The average Bonchev–Trinajstić information content (AvgIpc) is 2.66. The number of rotatable bonds is 6. The average molecular weight is 413 g/mol. The van der Waals surface area contributed by atoms with Gasteiger partial charge in [0, 0.05) is 0 Å². The van der Waals surface area contributed by atoms with E-state index in [4.69, 9.17) is 0 Å². The van der Waals surface area contributed by atoms with Gasteiger partial charge >= 0.3 is 0 Å². The van der Waals surface area contributed by atoms with Gasteiger partial charge < -0.3 is 0 Å². The summed E-state index contributed by atoms with van der Waals surface area (Å²) < 4.78 is 0. The highest BCUT2D eigenvalue weighted by Gasteiger charge is 2.15. The molecule has 0 fully saturated rings. The van der Waals surface area contributed by atoms with Gasteiger partial charge in [0.15, 0.2) is 0 Å². The predicted octanol–water partition coefficient (Wildman–Crippen LogP) is 10.3. The smallest absolute Gasteiger partial charge is 0.0213 e. The standard InChI is InChI=1S/C15H24.C13H20.2CH4/c1-10(2)13-8-7-9-14(11(3)4)15(13)12(5)6;1-5-11-8-7-9-12(6-2)13(11)10(3)4;;/h7-12H,1-6H3;7-10H,5-6H2,1-4H3;2*1H4. The molecule has 0 aliphatic rings. The van der Waals surface area contributed by atoms with Crippen LogP contribution in [0.25, 0.3) is 0 Å². The van der Waals surface area contributed by atoms with Crippen molar-refractivity contribution >= 4 is 0 Å². The van der Waals surface area contributed by atoms with Gasteiger partial charge in [0.2, 0.25) is 0 Å². The molecule has 0 aliphatic carbocycles. The molecule has 0 nitrogen and oxygen atoms in total. The van der Waals surface area contributed by atoms with Crippen LogP contribution in [0.3, 0.4) is 0 Å². The fourth-order valence-corrected chi connectivity index (χ4v) is 4.30. The summed E-state index contributed by atoms with van der Waals surface area (Å²) in [6.07, 6.45) is 2.31. The van der Waals surface area contributed by atoms with E-state index in [2.05, 4.69) is 106 Å². The Morgan fingerprint density at radius 3 is 1.10 bits per heavy atom. The maximum Gasteiger partial charge on any atom is -0.0213 e. The van der Waals surface area contributed by atoms with Gasteiger partial charge in [-0.05, 0) is 69.9 Å². The molecule has 172 valence electrons. The second-order valence-corrected chi connectivity index (χ2v) is 9.17. The molecule has 2 aromatic carbocycles. The zero-order chi connectivity index (χ0) is 21.4. The van der Waals surface area contributed by atoms with E-state index in [0.29, 0.717) is 23.7 Å². The van der Waals surface area contributed by atoms with Gasteiger partial charge in [0.05, 0.1) is 0 Å². The molecule has 0 saturated heterocycles. The van der Waals surface area contributed by atoms with Crippen LogP contribution in [0.1, 0.15) is 141 Å². The van der Waals surface area contributed by atoms with Crippen molar-refractivity contribution in [3.63, 3.8) is 0 Å². The third-order valence-corrected chi connectivity index (χ3v) is 5.62. The molecule has 2 aromatic rings. The first kappa shape index (κ1) is 30.6. The van der Waals surface area contributed by atoms with Crippen molar-refractivity contribution < 1.29 is 0 Å². The molecule has 0 atom stereocenters. The Labute approximate surface area is 190 Å². The molecule has 0 N–H and O–H groups in total. The highest BCUT2D eigenvalue weighted by Crippen LogP contribution is 2.32. The SMILES string of the molecule is C.C.CC(C)c1cccc(C(C)C)c1C(C)C.CCc1cccc(CC)c1C(C)C. The summed E-state index contributed by atoms with van der Waals surface area (Å²) in [5, 5.41) is 0. The molecular weight excluding hydrogens is 360 g/mol. The predicted molar refractivity (Wildman–Crippen MR) is 141 cm³/mol. The monoisotopic (exact) mass is 412 g/mol. The first-order chi connectivity index (χ1) is 13.1. The molecule has 30 heavy (non-hydrogen) atoms. The van der Waals surface area contributed by atoms with Crippen LogP contribution >= 0.6 is 0 Å². The van der Waals surface area contributed by atoms with Crippen molar-refractivity contribution in [3.8, 4) is 0 Å². The molecule has 0 spiro atoms. The van der Waals surface area contributed by atoms with Crippen LogP contribution in [0.5, 0.6) is 0 Å². The third kappa shape index (κ3) is 7.93. The topological polar surface area (TPSA) is 0 Å². The molecule has 0 unspecified atom stereocenters. The Kier molecular flexibility index (Phi) is 14.8. The van der Waals surface area contributed by atoms with Crippen LogP contribution in [0.15, 0.2) is 36.4 Å². The Morgan fingerprint density at radius 1 is 0.500 bits per heavy atom. The largest absolute Gasteiger partial charge is 0.0776 e. The van der Waals surface area contributed by atoms with Crippen LogP contribution < -0.4 is 0 Å². The van der Waals surface area contributed by atoms with E-state index in [9.17, 15) is 0 Å². The molecule has 0 saturated carbocycles. The summed E-state index contributed by atoms with van der Waals surface area (Å²) >= 11 is 0. The Balaban J connectivity index is 0. The molecule has 0 radical (unpaired) electrons. The minimum absolute atomic E-state index is 0. The van der Waals surface area contributed by atoms with Crippen molar-refractivity contribution in [1.29, 1.82) is 0 Å². The molecule has 0 heteroatoms. The highest BCUT2D eigenvalue weighted by atomic mass is 14.2. The second kappa shape index (κ2) is 14.4. The minimum atomic E-state index is 0. The number of hydrogen-bond acceptors (Lipinski definition) is 0. The van der Waals surface area contributed by atoms with Crippen LogP contribution in [-0.4, -0.2) is 0 Å². The minimum Gasteiger partial charge on any atom is -0.0776 e. The van der Waals surface area contributed by atoms with Crippen LogP contribution in [0.4, 0.5) is 0 Å². The van der Waals surface area contributed by atoms with E-state index in [0.717, 1.165) is 12.8 Å². The van der Waals surface area contributed by atoms with Crippen molar-refractivity contribution in [2.45, 2.75) is 121 Å². The molecule has 0 heterocycles. The summed E-state index contributed by atoms with van der Waals surface area (Å²) in [6, 6.07) is 13.5. The van der Waals surface area contributed by atoms with E-state index in [1.807, 2.05) is 0 Å². The zero-order valence-electron chi connectivity index (χ0n) is 20.2. The first-order valence-electron chi connectivity index (χ1n) is 11.4. The van der Waals surface area contributed by atoms with Crippen molar-refractivity contribution in [2.75, 3.05) is 0 Å². The lowest BCUT2D eigenvalue weighted by Gasteiger charge is -2.22. The highest BCUT2D eigenvalue weighted by molar-refractivity contribution is 5.41. The van der Waals surface area contributed by atoms with Crippen LogP contribution in [0, 0.1) is 0 Å². The maximum absolute atomic E-state index is 2.30. The maximum atomic E-state index is 2.30. The molecule has 0 aliphatic heterocycles. The fraction of sp³-hybridized carbons (Fsp3) is 0.600. The molecule has 0 bridgehead atoms. The summed E-state index contributed by atoms with van der Waals surface area (Å²) in [5.41, 5.74) is 9.24. The van der Waals surface area contributed by atoms with Gasteiger partial charge in [-0.3, -0.25) is 0 Å². The van der Waals surface area contributed by atoms with Crippen molar-refractivity contribution in [1.82, 2.24) is 0 Å². The fourth-order valence-electron chi connectivity index (χ4n) is 4.30. The molecule has 0 amide bonds. The van der Waals surface area contributed by atoms with Gasteiger partial charge in [0.25, 0.3) is 0 Å². The summed E-state index contributed by atoms with van der Waals surface area (Å²) in [7, 11) is 0. The lowest BCUT2D eigenvalue weighted by molar-refractivity contribution is 0.748. The van der Waals surface area contributed by atoms with Crippen LogP contribution in [-0.2, 0) is 12.8 Å². The van der Waals surface area contributed by atoms with Crippen molar-refractivity contribution in [3.05, 3.63) is 69.8 Å². The normalized spacial score (nSPS) is 10.6. The molecule has 0 aromatic heterocycles. The Hall–Kier alpha value is -1.56. The Bertz CT molecular complexity index is 668. The second-order valence-electron chi connectivity index (χ2n) is 9.17. The third-order valence-electron chi connectivity index (χ3n) is 5.62. The quantitative estimate of drug-likeness (QED) is 0.442. The summed E-state index contributed by atoms with van der Waals surface area (Å²) in [6.45, 7) is 22.8. The number of benzene rings is 2. The first-order valence-corrected chi connectivity index (χ1v) is 11.4. The Morgan fingerprint density at radius 2 is 0.833 bits per heavy atom. The van der Waals surface area contributed by atoms with Gasteiger partial charge in [-0.15, -0.1) is 0 Å². The molecular formula is C30H52. The van der Waals surface area contributed by atoms with Gasteiger partial charge in [-0.25, -0.2) is 0 Å². The number of hydrogen-bond donors (Lipinski definition) is 0. The lowest BCUT2D eigenvalue weighted by atomic mass is 9.83. The summed E-state index contributed by atoms with van der Waals surface area (Å²) in [5.74, 6) is 2.54. The van der Waals surface area contributed by atoms with E-state index in [1.165, 1.54) is 22.3 Å². The van der Waals surface area contributed by atoms with E-state index >= 15 is 0 Å². The van der Waals surface area contributed by atoms with E-state index < -0.39 is 0 Å². The zero-order valence-corrected chi connectivity index (χ0v) is 20.2. The van der Waals surface area contributed by atoms with Gasteiger partial charge in [0.1, 0.15) is 0 Å². The number of aryl methyl sites for hydroxylation is 2. The van der Waals surface area contributed by atoms with Gasteiger partial charge in [-0.1, -0.05) is 120 Å². The van der Waals surface area contributed by atoms with E-state index in [1.54, 1.807) is 11.1 Å². The van der Waals surface area contributed by atoms with E-state index in [-0.39, 0.29) is 14.9 Å².